The molecule has 1 rings (SSSR count). The minimum atomic E-state index is -0.111. The van der Waals surface area contributed by atoms with Crippen molar-refractivity contribution < 1.29 is 9.84 Å². The van der Waals surface area contributed by atoms with Gasteiger partial charge in [-0.05, 0) is 6.07 Å². The van der Waals surface area contributed by atoms with E-state index >= 15 is 0 Å². The second-order valence-electron chi connectivity index (χ2n) is 2.21. The van der Waals surface area contributed by atoms with Gasteiger partial charge in [0.15, 0.2) is 0 Å². The van der Waals surface area contributed by atoms with E-state index < -0.39 is 0 Å². The SMILES string of the molecule is Nc1nc(OCCO)c(Cl)cc1Cl. The van der Waals surface area contributed by atoms with Gasteiger partial charge in [0.2, 0.25) is 5.88 Å². The third kappa shape index (κ3) is 2.62. The summed E-state index contributed by atoms with van der Waals surface area (Å²) in [6.07, 6.45) is 0. The molecule has 0 saturated carbocycles. The number of aromatic nitrogens is 1. The monoisotopic (exact) mass is 222 g/mol. The van der Waals surface area contributed by atoms with Crippen molar-refractivity contribution in [2.24, 2.45) is 0 Å². The molecule has 0 saturated heterocycles. The summed E-state index contributed by atoms with van der Waals surface area (Å²) in [5, 5.41) is 9.04. The van der Waals surface area contributed by atoms with Crippen molar-refractivity contribution in [3.05, 3.63) is 16.1 Å². The first-order valence-electron chi connectivity index (χ1n) is 3.50. The predicted molar refractivity (Wildman–Crippen MR) is 51.3 cm³/mol. The van der Waals surface area contributed by atoms with E-state index in [9.17, 15) is 0 Å². The summed E-state index contributed by atoms with van der Waals surface area (Å²) in [7, 11) is 0. The number of aliphatic hydroxyl groups excluding tert-OH is 1. The number of nitrogen functional groups attached to an aromatic ring is 1. The first-order valence-corrected chi connectivity index (χ1v) is 4.26. The lowest BCUT2D eigenvalue weighted by molar-refractivity contribution is 0.197. The lowest BCUT2D eigenvalue weighted by Crippen LogP contribution is -2.04. The Hall–Kier alpha value is -0.710. The summed E-state index contributed by atoms with van der Waals surface area (Å²) in [6.45, 7) is 0.00827. The number of hydrogen-bond acceptors (Lipinski definition) is 4. The summed E-state index contributed by atoms with van der Waals surface area (Å²) in [5.74, 6) is 0.330. The zero-order valence-corrected chi connectivity index (χ0v) is 8.14. The first-order chi connectivity index (χ1) is 6.15. The van der Waals surface area contributed by atoms with E-state index in [-0.39, 0.29) is 35.0 Å². The summed E-state index contributed by atoms with van der Waals surface area (Å²) in [6, 6.07) is 1.44. The third-order valence-corrected chi connectivity index (χ3v) is 1.83. The van der Waals surface area contributed by atoms with Crippen LogP contribution in [-0.2, 0) is 0 Å². The summed E-state index contributed by atoms with van der Waals surface area (Å²) in [4.78, 5) is 3.79. The van der Waals surface area contributed by atoms with Gasteiger partial charge in [-0.3, -0.25) is 0 Å². The fourth-order valence-corrected chi connectivity index (χ4v) is 1.12. The van der Waals surface area contributed by atoms with Crippen molar-refractivity contribution in [3.63, 3.8) is 0 Å². The number of halogens is 2. The van der Waals surface area contributed by atoms with Gasteiger partial charge in [0.25, 0.3) is 0 Å². The molecule has 0 amide bonds. The van der Waals surface area contributed by atoms with Gasteiger partial charge in [-0.1, -0.05) is 23.2 Å². The molecule has 1 heterocycles. The van der Waals surface area contributed by atoms with Crippen LogP contribution in [0.15, 0.2) is 6.07 Å². The van der Waals surface area contributed by atoms with Crippen molar-refractivity contribution >= 4 is 29.0 Å². The molecule has 0 unspecified atom stereocenters. The Labute approximate surface area is 85.2 Å². The Kier molecular flexibility index (Phi) is 3.59. The van der Waals surface area contributed by atoms with Crippen LogP contribution >= 0.6 is 23.2 Å². The molecule has 0 fully saturated rings. The topological polar surface area (TPSA) is 68.4 Å². The number of aliphatic hydroxyl groups is 1. The molecule has 6 heteroatoms. The Morgan fingerprint density at radius 3 is 2.77 bits per heavy atom. The highest BCUT2D eigenvalue weighted by molar-refractivity contribution is 6.36. The zero-order valence-electron chi connectivity index (χ0n) is 6.63. The van der Waals surface area contributed by atoms with Crippen LogP contribution in [0.3, 0.4) is 0 Å². The van der Waals surface area contributed by atoms with E-state index in [4.69, 9.17) is 38.8 Å². The number of hydrogen-bond donors (Lipinski definition) is 2. The van der Waals surface area contributed by atoms with Gasteiger partial charge in [-0.25, -0.2) is 0 Å². The second-order valence-corrected chi connectivity index (χ2v) is 3.03. The molecular weight excluding hydrogens is 215 g/mol. The van der Waals surface area contributed by atoms with Gasteiger partial charge in [0.05, 0.1) is 11.6 Å². The highest BCUT2D eigenvalue weighted by Crippen LogP contribution is 2.28. The molecule has 3 N–H and O–H groups in total. The highest BCUT2D eigenvalue weighted by atomic mass is 35.5. The fourth-order valence-electron chi connectivity index (χ4n) is 0.707. The molecule has 0 radical (unpaired) electrons. The number of rotatable bonds is 3. The van der Waals surface area contributed by atoms with Crippen LogP contribution in [0, 0.1) is 0 Å². The molecule has 0 bridgehead atoms. The van der Waals surface area contributed by atoms with Gasteiger partial charge in [0.1, 0.15) is 17.4 Å². The molecule has 0 aliphatic rings. The molecule has 0 aromatic carbocycles. The van der Waals surface area contributed by atoms with Gasteiger partial charge in [0, 0.05) is 0 Å². The smallest absolute Gasteiger partial charge is 0.234 e. The van der Waals surface area contributed by atoms with Gasteiger partial charge >= 0.3 is 0 Å². The van der Waals surface area contributed by atoms with Gasteiger partial charge < -0.3 is 15.6 Å². The van der Waals surface area contributed by atoms with E-state index in [1.165, 1.54) is 6.07 Å². The standard InChI is InChI=1S/C7H8Cl2N2O2/c8-4-3-5(9)7(11-6(4)10)13-2-1-12/h3,12H,1-2H2,(H2,10,11). The van der Waals surface area contributed by atoms with E-state index in [1.54, 1.807) is 0 Å². The predicted octanol–water partition coefficient (Wildman–Crippen LogP) is 1.34. The van der Waals surface area contributed by atoms with Gasteiger partial charge in [-0.2, -0.15) is 4.98 Å². The summed E-state index contributed by atoms with van der Waals surface area (Å²) < 4.78 is 4.99. The maximum atomic E-state index is 8.49. The van der Waals surface area contributed by atoms with Crippen LogP contribution in [0.2, 0.25) is 10.0 Å². The van der Waals surface area contributed by atoms with Crippen LogP contribution in [0.5, 0.6) is 5.88 Å². The van der Waals surface area contributed by atoms with E-state index in [0.717, 1.165) is 0 Å². The minimum absolute atomic E-state index is 0.111. The summed E-state index contributed by atoms with van der Waals surface area (Å²) >= 11 is 11.4. The molecule has 1 aromatic rings. The van der Waals surface area contributed by atoms with Crippen LogP contribution < -0.4 is 10.5 Å². The van der Waals surface area contributed by atoms with Crippen molar-refractivity contribution in [1.29, 1.82) is 0 Å². The van der Waals surface area contributed by atoms with E-state index in [0.29, 0.717) is 0 Å². The number of nitrogens with two attached hydrogens (primary N) is 1. The number of pyridine rings is 1. The average molecular weight is 223 g/mol. The molecule has 4 nitrogen and oxygen atoms in total. The van der Waals surface area contributed by atoms with E-state index in [2.05, 4.69) is 4.98 Å². The number of ether oxygens (including phenoxy) is 1. The first kappa shape index (κ1) is 10.4. The van der Waals surface area contributed by atoms with Crippen molar-refractivity contribution in [2.75, 3.05) is 18.9 Å². The largest absolute Gasteiger partial charge is 0.474 e. The molecule has 0 spiro atoms. The maximum absolute atomic E-state index is 8.49. The fraction of sp³-hybridized carbons (Fsp3) is 0.286. The Morgan fingerprint density at radius 1 is 1.46 bits per heavy atom. The van der Waals surface area contributed by atoms with Crippen LogP contribution in [0.25, 0.3) is 0 Å². The lowest BCUT2D eigenvalue weighted by atomic mass is 10.4. The molecule has 72 valence electrons. The Bertz CT molecular complexity index is 307. The molecule has 0 atom stereocenters. The number of anilines is 1. The van der Waals surface area contributed by atoms with Crippen molar-refractivity contribution in [2.45, 2.75) is 0 Å². The van der Waals surface area contributed by atoms with Crippen molar-refractivity contribution in [1.82, 2.24) is 4.98 Å². The maximum Gasteiger partial charge on any atom is 0.234 e. The Balaban J connectivity index is 2.88. The third-order valence-electron chi connectivity index (χ3n) is 1.25. The Morgan fingerprint density at radius 2 is 2.15 bits per heavy atom. The zero-order chi connectivity index (χ0) is 9.84. The van der Waals surface area contributed by atoms with Gasteiger partial charge in [-0.15, -0.1) is 0 Å². The van der Waals surface area contributed by atoms with Crippen LogP contribution in [0.4, 0.5) is 5.82 Å². The van der Waals surface area contributed by atoms with Crippen LogP contribution in [-0.4, -0.2) is 23.3 Å². The molecule has 13 heavy (non-hydrogen) atoms. The molecule has 0 aliphatic carbocycles. The highest BCUT2D eigenvalue weighted by Gasteiger charge is 2.07. The second kappa shape index (κ2) is 4.50. The molecular formula is C7H8Cl2N2O2. The normalized spacial score (nSPS) is 10.1. The molecule has 1 aromatic heterocycles. The average Bonchev–Trinajstić information content (AvgIpc) is 2.09. The quantitative estimate of drug-likeness (QED) is 0.811. The van der Waals surface area contributed by atoms with Crippen LogP contribution in [0.1, 0.15) is 0 Å². The minimum Gasteiger partial charge on any atom is -0.474 e. The lowest BCUT2D eigenvalue weighted by Gasteiger charge is -2.06. The number of nitrogens with zero attached hydrogens (tertiary/aromatic N) is 1. The summed E-state index contributed by atoms with van der Waals surface area (Å²) in [5.41, 5.74) is 5.42. The van der Waals surface area contributed by atoms with Crippen molar-refractivity contribution in [3.8, 4) is 5.88 Å². The molecule has 0 aliphatic heterocycles. The van der Waals surface area contributed by atoms with E-state index in [1.807, 2.05) is 0 Å².